The molecule has 1 aromatic heterocycles. The Labute approximate surface area is 102 Å². The number of hydrogen-bond acceptors (Lipinski definition) is 3. The third kappa shape index (κ3) is 3.05. The zero-order valence-corrected chi connectivity index (χ0v) is 11.3. The highest BCUT2D eigenvalue weighted by atomic mass is 32.1. The van der Waals surface area contributed by atoms with Gasteiger partial charge in [0, 0.05) is 23.5 Å². The number of nitrogens with zero attached hydrogens (tertiary/aromatic N) is 1. The molecular formula is C13H22N2S. The van der Waals surface area contributed by atoms with Crippen molar-refractivity contribution < 1.29 is 0 Å². The lowest BCUT2D eigenvalue weighted by Crippen LogP contribution is -2.34. The summed E-state index contributed by atoms with van der Waals surface area (Å²) in [6.45, 7) is 7.80. The summed E-state index contributed by atoms with van der Waals surface area (Å²) in [7, 11) is 0. The second kappa shape index (κ2) is 5.28. The fourth-order valence-corrected chi connectivity index (χ4v) is 3.13. The zero-order valence-electron chi connectivity index (χ0n) is 10.5. The van der Waals surface area contributed by atoms with Crippen LogP contribution in [0, 0.1) is 18.8 Å². The molecule has 1 heterocycles. The summed E-state index contributed by atoms with van der Waals surface area (Å²) in [4.78, 5) is 4.57. The van der Waals surface area contributed by atoms with E-state index >= 15 is 0 Å². The third-order valence-electron chi connectivity index (χ3n) is 3.41. The van der Waals surface area contributed by atoms with Crippen molar-refractivity contribution in [2.24, 2.45) is 11.8 Å². The molecule has 1 N–H and O–H groups in total. The molecule has 0 aromatic carbocycles. The SMILES string of the molecule is CCCNC(Cc1nc(C)cs1)C1CC1C. The van der Waals surface area contributed by atoms with Crippen LogP contribution in [0.2, 0.25) is 0 Å². The Kier molecular flexibility index (Phi) is 3.98. The molecule has 90 valence electrons. The molecule has 1 saturated carbocycles. The number of aromatic nitrogens is 1. The van der Waals surface area contributed by atoms with Crippen LogP contribution in [-0.4, -0.2) is 17.6 Å². The van der Waals surface area contributed by atoms with Crippen LogP contribution in [0.1, 0.15) is 37.4 Å². The Morgan fingerprint density at radius 3 is 2.88 bits per heavy atom. The van der Waals surface area contributed by atoms with Gasteiger partial charge < -0.3 is 5.32 Å². The van der Waals surface area contributed by atoms with Crippen molar-refractivity contribution in [3.8, 4) is 0 Å². The standard InChI is InChI=1S/C13H22N2S/c1-4-5-14-12(11-6-9(11)2)7-13-15-10(3)8-16-13/h8-9,11-12,14H,4-7H2,1-3H3. The van der Waals surface area contributed by atoms with E-state index in [0.717, 1.165) is 30.5 Å². The minimum absolute atomic E-state index is 0.653. The van der Waals surface area contributed by atoms with Crippen LogP contribution in [0.4, 0.5) is 0 Å². The monoisotopic (exact) mass is 238 g/mol. The average Bonchev–Trinajstić information content (AvgIpc) is 2.83. The largest absolute Gasteiger partial charge is 0.313 e. The van der Waals surface area contributed by atoms with E-state index < -0.39 is 0 Å². The zero-order chi connectivity index (χ0) is 11.5. The van der Waals surface area contributed by atoms with E-state index in [1.165, 1.54) is 17.8 Å². The minimum Gasteiger partial charge on any atom is -0.313 e. The first kappa shape index (κ1) is 12.1. The van der Waals surface area contributed by atoms with E-state index in [-0.39, 0.29) is 0 Å². The van der Waals surface area contributed by atoms with Crippen LogP contribution in [0.5, 0.6) is 0 Å². The van der Waals surface area contributed by atoms with Crippen molar-refractivity contribution >= 4 is 11.3 Å². The number of hydrogen-bond donors (Lipinski definition) is 1. The van der Waals surface area contributed by atoms with Crippen molar-refractivity contribution in [2.75, 3.05) is 6.54 Å². The molecule has 2 rings (SSSR count). The highest BCUT2D eigenvalue weighted by Gasteiger charge is 2.39. The topological polar surface area (TPSA) is 24.9 Å². The molecule has 0 radical (unpaired) electrons. The van der Waals surface area contributed by atoms with Gasteiger partial charge in [-0.3, -0.25) is 0 Å². The molecule has 1 aliphatic rings. The van der Waals surface area contributed by atoms with E-state index in [1.54, 1.807) is 11.3 Å². The average molecular weight is 238 g/mol. The second-order valence-corrected chi connectivity index (χ2v) is 5.97. The number of thiazole rings is 1. The molecule has 3 atom stereocenters. The van der Waals surface area contributed by atoms with Crippen LogP contribution >= 0.6 is 11.3 Å². The smallest absolute Gasteiger partial charge is 0.0943 e. The molecule has 1 fully saturated rings. The predicted octanol–water partition coefficient (Wildman–Crippen LogP) is 3.02. The molecule has 0 aliphatic heterocycles. The molecule has 1 aliphatic carbocycles. The Bertz CT molecular complexity index is 334. The number of aryl methyl sites for hydroxylation is 1. The molecular weight excluding hydrogens is 216 g/mol. The predicted molar refractivity (Wildman–Crippen MR) is 69.9 cm³/mol. The molecule has 3 heteroatoms. The fourth-order valence-electron chi connectivity index (χ4n) is 2.30. The molecule has 0 spiro atoms. The lowest BCUT2D eigenvalue weighted by atomic mass is 10.1. The van der Waals surface area contributed by atoms with Crippen LogP contribution < -0.4 is 5.32 Å². The highest BCUT2D eigenvalue weighted by Crippen LogP contribution is 2.41. The molecule has 0 bridgehead atoms. The van der Waals surface area contributed by atoms with E-state index in [9.17, 15) is 0 Å². The second-order valence-electron chi connectivity index (χ2n) is 5.02. The molecule has 0 amide bonds. The normalized spacial score (nSPS) is 25.7. The summed E-state index contributed by atoms with van der Waals surface area (Å²) < 4.78 is 0. The molecule has 3 unspecified atom stereocenters. The van der Waals surface area contributed by atoms with Gasteiger partial charge in [-0.1, -0.05) is 13.8 Å². The Morgan fingerprint density at radius 1 is 1.62 bits per heavy atom. The molecule has 1 aromatic rings. The maximum Gasteiger partial charge on any atom is 0.0943 e. The van der Waals surface area contributed by atoms with Crippen molar-refractivity contribution in [3.63, 3.8) is 0 Å². The maximum atomic E-state index is 4.57. The third-order valence-corrected chi connectivity index (χ3v) is 4.40. The van der Waals surface area contributed by atoms with Gasteiger partial charge in [-0.15, -0.1) is 11.3 Å². The summed E-state index contributed by atoms with van der Waals surface area (Å²) in [5.41, 5.74) is 1.16. The van der Waals surface area contributed by atoms with Crippen LogP contribution in [0.3, 0.4) is 0 Å². The first-order valence-electron chi connectivity index (χ1n) is 6.35. The van der Waals surface area contributed by atoms with Gasteiger partial charge in [0.25, 0.3) is 0 Å². The van der Waals surface area contributed by atoms with Crippen molar-refractivity contribution in [3.05, 3.63) is 16.1 Å². The van der Waals surface area contributed by atoms with E-state index in [1.807, 2.05) is 0 Å². The first-order chi connectivity index (χ1) is 7.70. The Balaban J connectivity index is 1.91. The first-order valence-corrected chi connectivity index (χ1v) is 7.23. The lowest BCUT2D eigenvalue weighted by molar-refractivity contribution is 0.443. The van der Waals surface area contributed by atoms with Gasteiger partial charge in [-0.25, -0.2) is 4.98 Å². The van der Waals surface area contributed by atoms with Crippen LogP contribution in [0.15, 0.2) is 5.38 Å². The molecule has 0 saturated heterocycles. The van der Waals surface area contributed by atoms with Crippen LogP contribution in [0.25, 0.3) is 0 Å². The van der Waals surface area contributed by atoms with Gasteiger partial charge >= 0.3 is 0 Å². The quantitative estimate of drug-likeness (QED) is 0.824. The van der Waals surface area contributed by atoms with Crippen molar-refractivity contribution in [1.29, 1.82) is 0 Å². The van der Waals surface area contributed by atoms with Gasteiger partial charge in [0.1, 0.15) is 0 Å². The van der Waals surface area contributed by atoms with Gasteiger partial charge in [0.15, 0.2) is 0 Å². The lowest BCUT2D eigenvalue weighted by Gasteiger charge is -2.17. The minimum atomic E-state index is 0.653. The number of rotatable bonds is 6. The summed E-state index contributed by atoms with van der Waals surface area (Å²) >= 11 is 1.81. The van der Waals surface area contributed by atoms with Crippen molar-refractivity contribution in [1.82, 2.24) is 10.3 Å². The molecule has 16 heavy (non-hydrogen) atoms. The van der Waals surface area contributed by atoms with Gasteiger partial charge in [0.2, 0.25) is 0 Å². The highest BCUT2D eigenvalue weighted by molar-refractivity contribution is 7.09. The van der Waals surface area contributed by atoms with E-state index in [0.29, 0.717) is 6.04 Å². The van der Waals surface area contributed by atoms with Crippen LogP contribution in [-0.2, 0) is 6.42 Å². The van der Waals surface area contributed by atoms with E-state index in [2.05, 4.69) is 36.5 Å². The Morgan fingerprint density at radius 2 is 2.38 bits per heavy atom. The summed E-state index contributed by atoms with van der Waals surface area (Å²) in [6.07, 6.45) is 3.73. The fraction of sp³-hybridized carbons (Fsp3) is 0.769. The maximum absolute atomic E-state index is 4.57. The van der Waals surface area contributed by atoms with Crippen molar-refractivity contribution in [2.45, 2.75) is 46.1 Å². The van der Waals surface area contributed by atoms with Gasteiger partial charge in [0.05, 0.1) is 5.01 Å². The molecule has 2 nitrogen and oxygen atoms in total. The summed E-state index contributed by atoms with van der Waals surface area (Å²) in [5, 5.41) is 7.14. The summed E-state index contributed by atoms with van der Waals surface area (Å²) in [6, 6.07) is 0.653. The summed E-state index contributed by atoms with van der Waals surface area (Å²) in [5.74, 6) is 1.80. The van der Waals surface area contributed by atoms with Gasteiger partial charge in [-0.05, 0) is 38.1 Å². The Hall–Kier alpha value is -0.410. The number of nitrogens with one attached hydrogen (secondary N) is 1. The van der Waals surface area contributed by atoms with Gasteiger partial charge in [-0.2, -0.15) is 0 Å². The van der Waals surface area contributed by atoms with E-state index in [4.69, 9.17) is 0 Å².